The van der Waals surface area contributed by atoms with Crippen LogP contribution in [0, 0.1) is 0 Å². The Morgan fingerprint density at radius 1 is 1.25 bits per heavy atom. The molecule has 0 bridgehead atoms. The van der Waals surface area contributed by atoms with Gasteiger partial charge in [-0.25, -0.2) is 0 Å². The van der Waals surface area contributed by atoms with Crippen LogP contribution in [0.25, 0.3) is 0 Å². The Kier molecular flexibility index (Phi) is 5.33. The molecule has 3 aliphatic heterocycles. The Balaban J connectivity index is 1.65. The Labute approximate surface area is 165 Å². The van der Waals surface area contributed by atoms with Crippen molar-refractivity contribution in [1.29, 1.82) is 0 Å². The van der Waals surface area contributed by atoms with Gasteiger partial charge in [0, 0.05) is 25.0 Å². The maximum Gasteiger partial charge on any atom is 0.267 e. The minimum atomic E-state index is 0.138. The third-order valence-electron chi connectivity index (χ3n) is 3.79. The number of fused-ring (bicyclic) bond motifs is 1. The monoisotopic (exact) mass is 434 g/mol. The third-order valence-corrected chi connectivity index (χ3v) is 10.2. The summed E-state index contributed by atoms with van der Waals surface area (Å²) in [4.78, 5) is 16.7. The molecule has 0 amide bonds. The quantitative estimate of drug-likeness (QED) is 0.389. The Morgan fingerprint density at radius 2 is 2.04 bits per heavy atom. The van der Waals surface area contributed by atoms with E-state index in [0.29, 0.717) is 0 Å². The lowest BCUT2D eigenvalue weighted by Crippen LogP contribution is -2.34. The molecule has 4 rings (SSSR count). The number of thioether (sulfide) groups is 3. The van der Waals surface area contributed by atoms with E-state index in [-0.39, 0.29) is 4.74 Å². The largest absolute Gasteiger partial charge is 0.378 e. The first-order valence-electron chi connectivity index (χ1n) is 7.43. The van der Waals surface area contributed by atoms with Gasteiger partial charge in [0.15, 0.2) is 0 Å². The van der Waals surface area contributed by atoms with Crippen LogP contribution in [0.2, 0.25) is 0 Å². The van der Waals surface area contributed by atoms with E-state index in [4.69, 9.17) is 17.0 Å². The fourth-order valence-electron chi connectivity index (χ4n) is 2.66. The first kappa shape index (κ1) is 17.4. The van der Waals surface area contributed by atoms with E-state index in [1.54, 1.807) is 35.3 Å². The molecule has 24 heavy (non-hydrogen) atoms. The predicted octanol–water partition coefficient (Wildman–Crippen LogP) is 4.21. The van der Waals surface area contributed by atoms with Gasteiger partial charge >= 0.3 is 0 Å². The number of thiocarbonyl (C=S) groups is 1. The molecule has 0 saturated carbocycles. The van der Waals surface area contributed by atoms with Crippen molar-refractivity contribution in [3.63, 3.8) is 0 Å². The minimum Gasteiger partial charge on any atom is -0.378 e. The summed E-state index contributed by atoms with van der Waals surface area (Å²) in [6.45, 7) is 6.25. The third kappa shape index (κ3) is 3.10. The molecular weight excluding hydrogens is 421 g/mol. The topological polar surface area (TPSA) is 32.8 Å². The van der Waals surface area contributed by atoms with Crippen LogP contribution in [0.4, 0.5) is 5.69 Å². The van der Waals surface area contributed by atoms with E-state index >= 15 is 0 Å². The summed E-state index contributed by atoms with van der Waals surface area (Å²) in [7, 11) is 2.84. The highest BCUT2D eigenvalue weighted by Gasteiger charge is 2.34. The fraction of sp³-hybridized carbons (Fsp3) is 0.429. The molecule has 1 fully saturated rings. The molecule has 4 nitrogen and oxygen atoms in total. The van der Waals surface area contributed by atoms with E-state index in [9.17, 15) is 4.79 Å². The summed E-state index contributed by atoms with van der Waals surface area (Å²) < 4.78 is 8.66. The molecule has 0 spiro atoms. The summed E-state index contributed by atoms with van der Waals surface area (Å²) in [5, 5.41) is 3.46. The molecule has 0 aromatic carbocycles. The van der Waals surface area contributed by atoms with Crippen molar-refractivity contribution in [1.82, 2.24) is 4.90 Å². The van der Waals surface area contributed by atoms with Gasteiger partial charge in [0.2, 0.25) is 0 Å². The molecule has 1 aromatic rings. The number of anilines is 1. The van der Waals surface area contributed by atoms with Crippen LogP contribution in [0.1, 0.15) is 6.92 Å². The van der Waals surface area contributed by atoms with Gasteiger partial charge in [0.1, 0.15) is 14.1 Å². The van der Waals surface area contributed by atoms with Gasteiger partial charge in [-0.15, -0.1) is 0 Å². The lowest BCUT2D eigenvalue weighted by atomic mass is 10.4. The second kappa shape index (κ2) is 7.34. The molecule has 0 atom stereocenters. The molecule has 3 aliphatic rings. The second-order valence-electron chi connectivity index (χ2n) is 5.14. The highest BCUT2D eigenvalue weighted by atomic mass is 32.9. The number of rotatable bonds is 2. The van der Waals surface area contributed by atoms with Gasteiger partial charge in [-0.2, -0.15) is 0 Å². The highest BCUT2D eigenvalue weighted by molar-refractivity contribution is 8.29. The van der Waals surface area contributed by atoms with Crippen LogP contribution < -0.4 is 9.64 Å². The zero-order valence-corrected chi connectivity index (χ0v) is 17.7. The van der Waals surface area contributed by atoms with Gasteiger partial charge in [0.05, 0.1) is 28.2 Å². The van der Waals surface area contributed by atoms with Gasteiger partial charge in [-0.1, -0.05) is 57.8 Å². The van der Waals surface area contributed by atoms with E-state index < -0.39 is 0 Å². The normalized spacial score (nSPS) is 24.4. The summed E-state index contributed by atoms with van der Waals surface area (Å²) in [5.41, 5.74) is 1.84. The molecule has 0 unspecified atom stereocenters. The van der Waals surface area contributed by atoms with Crippen LogP contribution in [0.5, 0.6) is 0 Å². The van der Waals surface area contributed by atoms with Crippen molar-refractivity contribution < 1.29 is 4.74 Å². The standard InChI is InChI=1S/C14H14N2O2S6/c1-2-16-9-11(17)23-24-14(9)22-12(19)10(16)13-20-7-8(21-13)15-3-5-18-6-4-15/h7H,2-6H2,1H3/b13-10+. The van der Waals surface area contributed by atoms with Gasteiger partial charge < -0.3 is 14.5 Å². The van der Waals surface area contributed by atoms with E-state index in [1.165, 1.54) is 29.9 Å². The molecule has 4 heterocycles. The molecular formula is C14H14N2O2S6. The SMILES string of the molecule is CCN1/C(=C2\SC=C(N3CCOCC3)S2)C(=S)Sc2ssc(=O)c21. The number of morpholine rings is 1. The molecule has 0 radical (unpaired) electrons. The zero-order valence-electron chi connectivity index (χ0n) is 12.8. The summed E-state index contributed by atoms with van der Waals surface area (Å²) in [6, 6.07) is 0. The van der Waals surface area contributed by atoms with Crippen LogP contribution in [0.15, 0.2) is 29.4 Å². The number of hydrogen-bond acceptors (Lipinski definition) is 10. The first-order chi connectivity index (χ1) is 11.7. The van der Waals surface area contributed by atoms with Crippen molar-refractivity contribution in [2.45, 2.75) is 11.1 Å². The minimum absolute atomic E-state index is 0.138. The lowest BCUT2D eigenvalue weighted by molar-refractivity contribution is 0.0578. The second-order valence-corrected chi connectivity index (χ2v) is 11.4. The van der Waals surface area contributed by atoms with E-state index in [2.05, 4.69) is 22.1 Å². The fourth-order valence-corrected chi connectivity index (χ4v) is 9.52. The Hall–Kier alpha value is 0.0300. The highest BCUT2D eigenvalue weighted by Crippen LogP contribution is 2.52. The smallest absolute Gasteiger partial charge is 0.267 e. The van der Waals surface area contributed by atoms with Crippen molar-refractivity contribution in [3.05, 3.63) is 29.9 Å². The Bertz CT molecular complexity index is 789. The average molecular weight is 435 g/mol. The molecule has 1 saturated heterocycles. The summed E-state index contributed by atoms with van der Waals surface area (Å²) in [6.07, 6.45) is 0. The maximum atomic E-state index is 12.3. The van der Waals surface area contributed by atoms with Crippen molar-refractivity contribution in [2.75, 3.05) is 37.7 Å². The van der Waals surface area contributed by atoms with Crippen molar-refractivity contribution >= 4 is 78.1 Å². The van der Waals surface area contributed by atoms with Crippen LogP contribution >= 0.6 is 68.2 Å². The van der Waals surface area contributed by atoms with Crippen molar-refractivity contribution in [3.8, 4) is 0 Å². The number of ether oxygens (including phenoxy) is 1. The molecule has 0 N–H and O–H groups in total. The van der Waals surface area contributed by atoms with Gasteiger partial charge in [0.25, 0.3) is 4.74 Å². The van der Waals surface area contributed by atoms with Crippen LogP contribution in [-0.2, 0) is 4.74 Å². The average Bonchev–Trinajstić information content (AvgIpc) is 3.22. The van der Waals surface area contributed by atoms with Crippen molar-refractivity contribution in [2.24, 2.45) is 0 Å². The van der Waals surface area contributed by atoms with Gasteiger partial charge in [-0.3, -0.25) is 4.79 Å². The predicted molar refractivity (Wildman–Crippen MR) is 113 cm³/mol. The van der Waals surface area contributed by atoms with E-state index in [0.717, 1.165) is 52.6 Å². The molecule has 128 valence electrons. The number of nitrogens with zero attached hydrogens (tertiary/aromatic N) is 2. The van der Waals surface area contributed by atoms with Crippen LogP contribution in [0.3, 0.4) is 0 Å². The zero-order chi connectivity index (χ0) is 16.7. The van der Waals surface area contributed by atoms with Crippen LogP contribution in [-0.4, -0.2) is 41.9 Å². The first-order valence-corrected chi connectivity index (χ1v) is 12.5. The molecule has 0 aliphatic carbocycles. The molecule has 1 aromatic heterocycles. The van der Waals surface area contributed by atoms with Gasteiger partial charge in [-0.05, 0) is 17.3 Å². The molecule has 10 heteroatoms. The number of hydrogen-bond donors (Lipinski definition) is 0. The maximum absolute atomic E-state index is 12.3. The summed E-state index contributed by atoms with van der Waals surface area (Å²) >= 11 is 10.7. The van der Waals surface area contributed by atoms with E-state index in [1.807, 2.05) is 0 Å². The lowest BCUT2D eigenvalue weighted by Gasteiger charge is -2.31. The summed E-state index contributed by atoms with van der Waals surface area (Å²) in [5.74, 6) is 0. The Morgan fingerprint density at radius 3 is 2.79 bits per heavy atom.